The van der Waals surface area contributed by atoms with E-state index in [1.54, 1.807) is 0 Å². The van der Waals surface area contributed by atoms with Crippen LogP contribution in [0.2, 0.25) is 0 Å². The van der Waals surface area contributed by atoms with Crippen molar-refractivity contribution >= 4 is 0 Å². The minimum Gasteiger partial charge on any atom is -0.465 e. The van der Waals surface area contributed by atoms with E-state index in [1.807, 2.05) is 0 Å². The average molecular weight is 179 g/mol. The van der Waals surface area contributed by atoms with Gasteiger partial charge in [-0.1, -0.05) is 20.8 Å². The molecule has 0 aliphatic heterocycles. The van der Waals surface area contributed by atoms with E-state index in [2.05, 4.69) is 26.8 Å². The van der Waals surface area contributed by atoms with Gasteiger partial charge in [0.1, 0.15) is 11.5 Å². The van der Waals surface area contributed by atoms with Gasteiger partial charge in [0.05, 0.1) is 0 Å². The van der Waals surface area contributed by atoms with Gasteiger partial charge in [0.25, 0.3) is 0 Å². The van der Waals surface area contributed by atoms with Crippen LogP contribution in [0.3, 0.4) is 0 Å². The lowest BCUT2D eigenvalue weighted by atomic mass is 10.0. The largest absolute Gasteiger partial charge is 0.465 e. The quantitative estimate of drug-likeness (QED) is 0.719. The summed E-state index contributed by atoms with van der Waals surface area (Å²) in [5, 5.41) is 0. The third kappa shape index (κ3) is 1.29. The van der Waals surface area contributed by atoms with Crippen molar-refractivity contribution in [2.24, 2.45) is 11.7 Å². The fraction of sp³-hybridized carbons (Fsp3) is 0.636. The first kappa shape index (κ1) is 8.82. The summed E-state index contributed by atoms with van der Waals surface area (Å²) in [6, 6.07) is 2.32. The van der Waals surface area contributed by atoms with Crippen molar-refractivity contribution < 1.29 is 4.42 Å². The van der Waals surface area contributed by atoms with E-state index < -0.39 is 0 Å². The zero-order valence-corrected chi connectivity index (χ0v) is 8.50. The summed E-state index contributed by atoms with van der Waals surface area (Å²) in [7, 11) is 0. The average Bonchev–Trinajstić information content (AvgIpc) is 2.55. The van der Waals surface area contributed by atoms with Crippen molar-refractivity contribution in [2.45, 2.75) is 39.2 Å². The smallest absolute Gasteiger partial charge is 0.109 e. The third-order valence-electron chi connectivity index (χ3n) is 2.91. The van der Waals surface area contributed by atoms with E-state index >= 15 is 0 Å². The second-order valence-electron chi connectivity index (χ2n) is 4.39. The summed E-state index contributed by atoms with van der Waals surface area (Å²) < 4.78 is 5.75. The van der Waals surface area contributed by atoms with Gasteiger partial charge in [0, 0.05) is 23.9 Å². The van der Waals surface area contributed by atoms with Gasteiger partial charge in [-0.2, -0.15) is 0 Å². The van der Waals surface area contributed by atoms with Crippen molar-refractivity contribution in [1.29, 1.82) is 0 Å². The van der Waals surface area contributed by atoms with Crippen LogP contribution in [0.4, 0.5) is 0 Å². The Bertz CT molecular complexity index is 314. The highest BCUT2D eigenvalue weighted by molar-refractivity contribution is 5.31. The Balaban J connectivity index is 2.35. The Labute approximate surface area is 79.1 Å². The molecule has 2 nitrogen and oxygen atoms in total. The zero-order chi connectivity index (χ0) is 9.59. The van der Waals surface area contributed by atoms with E-state index in [1.165, 1.54) is 5.56 Å². The molecule has 2 N–H and O–H groups in total. The SMILES string of the molecule is CC(C)c1cc2c(o1)CC(C)C2N. The number of furan rings is 1. The molecule has 1 heterocycles. The normalized spacial score (nSPS) is 26.8. The molecule has 2 rings (SSSR count). The molecular weight excluding hydrogens is 162 g/mol. The molecule has 0 spiro atoms. The molecular formula is C11H17NO. The molecule has 0 radical (unpaired) electrons. The van der Waals surface area contributed by atoms with Gasteiger partial charge in [-0.3, -0.25) is 0 Å². The number of rotatable bonds is 1. The molecule has 0 fully saturated rings. The summed E-state index contributed by atoms with van der Waals surface area (Å²) in [5.74, 6) is 3.19. The van der Waals surface area contributed by atoms with Crippen molar-refractivity contribution in [3.63, 3.8) is 0 Å². The highest BCUT2D eigenvalue weighted by Crippen LogP contribution is 2.37. The topological polar surface area (TPSA) is 39.2 Å². The summed E-state index contributed by atoms with van der Waals surface area (Å²) >= 11 is 0. The number of hydrogen-bond donors (Lipinski definition) is 1. The monoisotopic (exact) mass is 179 g/mol. The summed E-state index contributed by atoms with van der Waals surface area (Å²) in [6.45, 7) is 6.46. The molecule has 0 aromatic carbocycles. The van der Waals surface area contributed by atoms with Crippen molar-refractivity contribution in [1.82, 2.24) is 0 Å². The summed E-state index contributed by atoms with van der Waals surface area (Å²) in [6.07, 6.45) is 1.00. The number of hydrogen-bond acceptors (Lipinski definition) is 2. The lowest BCUT2D eigenvalue weighted by Crippen LogP contribution is -2.13. The number of fused-ring (bicyclic) bond motifs is 1. The minimum atomic E-state index is 0.186. The standard InChI is InChI=1S/C11H17NO/c1-6(2)9-5-8-10(13-9)4-7(3)11(8)12/h5-7,11H,4,12H2,1-3H3. The van der Waals surface area contributed by atoms with Crippen LogP contribution in [0.1, 0.15) is 49.8 Å². The van der Waals surface area contributed by atoms with E-state index in [0.717, 1.165) is 17.9 Å². The molecule has 13 heavy (non-hydrogen) atoms. The molecule has 0 bridgehead atoms. The predicted molar refractivity (Wildman–Crippen MR) is 52.6 cm³/mol. The molecule has 72 valence electrons. The van der Waals surface area contributed by atoms with Gasteiger partial charge in [0.2, 0.25) is 0 Å². The molecule has 1 aliphatic carbocycles. The van der Waals surface area contributed by atoms with Gasteiger partial charge in [-0.25, -0.2) is 0 Å². The predicted octanol–water partition coefficient (Wildman–Crippen LogP) is 2.59. The highest BCUT2D eigenvalue weighted by Gasteiger charge is 2.30. The molecule has 0 saturated heterocycles. The first-order valence-corrected chi connectivity index (χ1v) is 4.97. The fourth-order valence-electron chi connectivity index (χ4n) is 1.92. The summed E-state index contributed by atoms with van der Waals surface area (Å²) in [4.78, 5) is 0. The van der Waals surface area contributed by atoms with Gasteiger partial charge in [-0.05, 0) is 12.0 Å². The first-order chi connectivity index (χ1) is 6.09. The van der Waals surface area contributed by atoms with E-state index in [4.69, 9.17) is 10.2 Å². The molecule has 1 aromatic heterocycles. The second-order valence-corrected chi connectivity index (χ2v) is 4.39. The van der Waals surface area contributed by atoms with Crippen LogP contribution >= 0.6 is 0 Å². The maximum absolute atomic E-state index is 6.04. The van der Waals surface area contributed by atoms with Gasteiger partial charge in [0.15, 0.2) is 0 Å². The lowest BCUT2D eigenvalue weighted by Gasteiger charge is -2.08. The number of nitrogens with two attached hydrogens (primary N) is 1. The molecule has 1 aliphatic rings. The maximum Gasteiger partial charge on any atom is 0.109 e. The molecule has 1 aromatic rings. The maximum atomic E-state index is 6.04. The van der Waals surface area contributed by atoms with Crippen LogP contribution in [0.15, 0.2) is 10.5 Å². The fourth-order valence-corrected chi connectivity index (χ4v) is 1.92. The molecule has 2 unspecified atom stereocenters. The van der Waals surface area contributed by atoms with Crippen molar-refractivity contribution in [3.05, 3.63) is 23.2 Å². The van der Waals surface area contributed by atoms with Crippen LogP contribution in [0.5, 0.6) is 0 Å². The molecule has 2 heteroatoms. The molecule has 0 saturated carbocycles. The van der Waals surface area contributed by atoms with Crippen LogP contribution in [-0.2, 0) is 6.42 Å². The summed E-state index contributed by atoms with van der Waals surface area (Å²) in [5.41, 5.74) is 7.28. The third-order valence-corrected chi connectivity index (χ3v) is 2.91. The lowest BCUT2D eigenvalue weighted by molar-refractivity contribution is 0.424. The Kier molecular flexibility index (Phi) is 1.95. The van der Waals surface area contributed by atoms with Crippen LogP contribution in [0, 0.1) is 5.92 Å². The van der Waals surface area contributed by atoms with E-state index in [0.29, 0.717) is 11.8 Å². The molecule has 2 atom stereocenters. The van der Waals surface area contributed by atoms with Crippen molar-refractivity contribution in [2.75, 3.05) is 0 Å². The van der Waals surface area contributed by atoms with Crippen molar-refractivity contribution in [3.8, 4) is 0 Å². The van der Waals surface area contributed by atoms with Crippen LogP contribution < -0.4 is 5.73 Å². The van der Waals surface area contributed by atoms with Gasteiger partial charge < -0.3 is 10.2 Å². The van der Waals surface area contributed by atoms with Crippen LogP contribution in [0.25, 0.3) is 0 Å². The molecule has 0 amide bonds. The minimum absolute atomic E-state index is 0.186. The Morgan fingerprint density at radius 2 is 2.23 bits per heavy atom. The van der Waals surface area contributed by atoms with E-state index in [9.17, 15) is 0 Å². The highest BCUT2D eigenvalue weighted by atomic mass is 16.3. The van der Waals surface area contributed by atoms with Crippen LogP contribution in [-0.4, -0.2) is 0 Å². The zero-order valence-electron chi connectivity index (χ0n) is 8.50. The Morgan fingerprint density at radius 1 is 1.54 bits per heavy atom. The van der Waals surface area contributed by atoms with Gasteiger partial charge in [-0.15, -0.1) is 0 Å². The first-order valence-electron chi connectivity index (χ1n) is 4.97. The Hall–Kier alpha value is -0.760. The van der Waals surface area contributed by atoms with E-state index in [-0.39, 0.29) is 6.04 Å². The Morgan fingerprint density at radius 3 is 2.77 bits per heavy atom. The van der Waals surface area contributed by atoms with Gasteiger partial charge >= 0.3 is 0 Å². The second kappa shape index (κ2) is 2.88.